The lowest BCUT2D eigenvalue weighted by Crippen LogP contribution is -2.25. The van der Waals surface area contributed by atoms with Gasteiger partial charge in [0, 0.05) is 12.2 Å². The first kappa shape index (κ1) is 16.6. The van der Waals surface area contributed by atoms with Crippen LogP contribution in [0.3, 0.4) is 0 Å². The molecule has 1 aliphatic heterocycles. The minimum absolute atomic E-state index is 0.0206. The summed E-state index contributed by atoms with van der Waals surface area (Å²) in [6.07, 6.45) is -9.39. The van der Waals surface area contributed by atoms with Gasteiger partial charge in [-0.15, -0.1) is 0 Å². The highest BCUT2D eigenvalue weighted by Crippen LogP contribution is 2.37. The van der Waals surface area contributed by atoms with Gasteiger partial charge in [-0.05, 0) is 31.2 Å². The van der Waals surface area contributed by atoms with E-state index in [1.54, 1.807) is 0 Å². The molecular formula is C13H12F6N2O. The molecule has 9 heteroatoms. The highest BCUT2D eigenvalue weighted by molar-refractivity contribution is 5.93. The second-order valence-corrected chi connectivity index (χ2v) is 4.97. The van der Waals surface area contributed by atoms with Gasteiger partial charge in [-0.3, -0.25) is 4.79 Å². The molecule has 0 bridgehead atoms. The van der Waals surface area contributed by atoms with Crippen molar-refractivity contribution in [3.63, 3.8) is 0 Å². The highest BCUT2D eigenvalue weighted by atomic mass is 19.4. The molecule has 1 amide bonds. The molecule has 1 aromatic rings. The molecule has 0 radical (unpaired) electrons. The SMILES string of the molecule is O=C(Nc1cc(C(F)(F)F)cc(C(F)(F)F)c1)C1CCNC1. The lowest BCUT2D eigenvalue weighted by molar-refractivity contribution is -0.143. The lowest BCUT2D eigenvalue weighted by atomic mass is 10.1. The van der Waals surface area contributed by atoms with E-state index >= 15 is 0 Å². The molecule has 2 rings (SSSR count). The molecule has 122 valence electrons. The van der Waals surface area contributed by atoms with Crippen molar-refractivity contribution in [2.45, 2.75) is 18.8 Å². The van der Waals surface area contributed by atoms with Gasteiger partial charge in [-0.1, -0.05) is 0 Å². The van der Waals surface area contributed by atoms with E-state index in [4.69, 9.17) is 0 Å². The van der Waals surface area contributed by atoms with Gasteiger partial charge in [0.25, 0.3) is 0 Å². The number of halogens is 6. The first-order valence-electron chi connectivity index (χ1n) is 6.38. The number of carbonyl (C=O) groups is 1. The molecule has 22 heavy (non-hydrogen) atoms. The van der Waals surface area contributed by atoms with Crippen LogP contribution in [-0.4, -0.2) is 19.0 Å². The van der Waals surface area contributed by atoms with Gasteiger partial charge in [0.15, 0.2) is 0 Å². The molecule has 1 aliphatic rings. The van der Waals surface area contributed by atoms with Crippen LogP contribution in [-0.2, 0) is 17.1 Å². The van der Waals surface area contributed by atoms with E-state index in [2.05, 4.69) is 10.6 Å². The summed E-state index contributed by atoms with van der Waals surface area (Å²) in [5.41, 5.74) is -3.43. The Morgan fingerprint density at radius 2 is 1.59 bits per heavy atom. The van der Waals surface area contributed by atoms with Crippen molar-refractivity contribution in [1.29, 1.82) is 0 Å². The van der Waals surface area contributed by atoms with Gasteiger partial charge in [0.1, 0.15) is 0 Å². The van der Waals surface area contributed by atoms with Crippen molar-refractivity contribution in [2.75, 3.05) is 18.4 Å². The van der Waals surface area contributed by atoms with E-state index in [0.717, 1.165) is 0 Å². The van der Waals surface area contributed by atoms with Gasteiger partial charge in [0.05, 0.1) is 17.0 Å². The topological polar surface area (TPSA) is 41.1 Å². The van der Waals surface area contributed by atoms with Gasteiger partial charge in [-0.25, -0.2) is 0 Å². The summed E-state index contributed by atoms with van der Waals surface area (Å²) in [6.45, 7) is 0.922. The van der Waals surface area contributed by atoms with Crippen LogP contribution in [0.25, 0.3) is 0 Å². The Morgan fingerprint density at radius 1 is 1.05 bits per heavy atom. The van der Waals surface area contributed by atoms with E-state index in [-0.39, 0.29) is 6.07 Å². The number of nitrogens with one attached hydrogen (secondary N) is 2. The Bertz CT molecular complexity index is 528. The van der Waals surface area contributed by atoms with Crippen molar-refractivity contribution >= 4 is 11.6 Å². The third kappa shape index (κ3) is 3.90. The third-order valence-electron chi connectivity index (χ3n) is 3.29. The average molecular weight is 326 g/mol. The maximum atomic E-state index is 12.7. The smallest absolute Gasteiger partial charge is 0.326 e. The monoisotopic (exact) mass is 326 g/mol. The molecule has 1 saturated heterocycles. The van der Waals surface area contributed by atoms with E-state index in [9.17, 15) is 31.1 Å². The van der Waals surface area contributed by atoms with E-state index < -0.39 is 41.0 Å². The Kier molecular flexibility index (Phi) is 4.37. The molecule has 1 aromatic carbocycles. The molecule has 1 heterocycles. The van der Waals surface area contributed by atoms with E-state index in [0.29, 0.717) is 31.6 Å². The molecule has 0 saturated carbocycles. The molecule has 2 N–H and O–H groups in total. The Labute approximate surface area is 121 Å². The number of amides is 1. The number of benzene rings is 1. The van der Waals surface area contributed by atoms with Gasteiger partial charge >= 0.3 is 12.4 Å². The van der Waals surface area contributed by atoms with Crippen LogP contribution >= 0.6 is 0 Å². The van der Waals surface area contributed by atoms with Crippen molar-refractivity contribution in [3.05, 3.63) is 29.3 Å². The summed E-state index contributed by atoms with van der Waals surface area (Å²) in [5.74, 6) is -1.07. The standard InChI is InChI=1S/C13H12F6N2O/c14-12(15,16)8-3-9(13(17,18)19)5-10(4-8)21-11(22)7-1-2-20-6-7/h3-5,7,20H,1-2,6H2,(H,21,22). The average Bonchev–Trinajstić information content (AvgIpc) is 2.90. The fraction of sp³-hybridized carbons (Fsp3) is 0.462. The second kappa shape index (κ2) is 5.79. The number of alkyl halides is 6. The molecule has 1 unspecified atom stereocenters. The molecule has 1 atom stereocenters. The maximum Gasteiger partial charge on any atom is 0.416 e. The fourth-order valence-electron chi connectivity index (χ4n) is 2.15. The summed E-state index contributed by atoms with van der Waals surface area (Å²) >= 11 is 0. The molecule has 1 fully saturated rings. The lowest BCUT2D eigenvalue weighted by Gasteiger charge is -2.16. The minimum Gasteiger partial charge on any atom is -0.326 e. The minimum atomic E-state index is -4.93. The predicted octanol–water partition coefficient (Wildman–Crippen LogP) is 3.27. The number of hydrogen-bond acceptors (Lipinski definition) is 2. The largest absolute Gasteiger partial charge is 0.416 e. The van der Waals surface area contributed by atoms with Crippen molar-refractivity contribution in [3.8, 4) is 0 Å². The molecule has 3 nitrogen and oxygen atoms in total. The zero-order valence-corrected chi connectivity index (χ0v) is 11.1. The highest BCUT2D eigenvalue weighted by Gasteiger charge is 2.37. The van der Waals surface area contributed by atoms with Crippen LogP contribution in [0.15, 0.2) is 18.2 Å². The van der Waals surface area contributed by atoms with E-state index in [1.807, 2.05) is 0 Å². The fourth-order valence-corrected chi connectivity index (χ4v) is 2.15. The number of rotatable bonds is 2. The normalized spacial score (nSPS) is 19.3. The van der Waals surface area contributed by atoms with Crippen LogP contribution in [0.2, 0.25) is 0 Å². The Balaban J connectivity index is 2.31. The summed E-state index contributed by atoms with van der Waals surface area (Å²) < 4.78 is 76.1. The number of hydrogen-bond donors (Lipinski definition) is 2. The van der Waals surface area contributed by atoms with Crippen LogP contribution < -0.4 is 10.6 Å². The Morgan fingerprint density at radius 3 is 2.00 bits per heavy atom. The first-order valence-corrected chi connectivity index (χ1v) is 6.38. The third-order valence-corrected chi connectivity index (χ3v) is 3.29. The van der Waals surface area contributed by atoms with Crippen LogP contribution in [0, 0.1) is 5.92 Å². The summed E-state index contributed by atoms with van der Waals surface area (Å²) in [5, 5.41) is 5.02. The second-order valence-electron chi connectivity index (χ2n) is 4.97. The summed E-state index contributed by atoms with van der Waals surface area (Å²) in [6, 6.07) is 1.01. The molecule has 0 spiro atoms. The van der Waals surface area contributed by atoms with E-state index in [1.165, 1.54) is 0 Å². The van der Waals surface area contributed by atoms with Crippen LogP contribution in [0.1, 0.15) is 17.5 Å². The predicted molar refractivity (Wildman–Crippen MR) is 66.1 cm³/mol. The van der Waals surface area contributed by atoms with Crippen molar-refractivity contribution in [1.82, 2.24) is 5.32 Å². The maximum absolute atomic E-state index is 12.7. The summed E-state index contributed by atoms with van der Waals surface area (Å²) in [4.78, 5) is 11.8. The van der Waals surface area contributed by atoms with Gasteiger partial charge in [-0.2, -0.15) is 26.3 Å². The molecule has 0 aromatic heterocycles. The zero-order valence-electron chi connectivity index (χ0n) is 11.1. The first-order chi connectivity index (χ1) is 10.1. The Hall–Kier alpha value is -1.77. The molecular weight excluding hydrogens is 314 g/mol. The van der Waals surface area contributed by atoms with Crippen molar-refractivity contribution in [2.24, 2.45) is 5.92 Å². The van der Waals surface area contributed by atoms with Gasteiger partial charge in [0.2, 0.25) is 5.91 Å². The quantitative estimate of drug-likeness (QED) is 0.819. The number of anilines is 1. The summed E-state index contributed by atoms with van der Waals surface area (Å²) in [7, 11) is 0. The number of carbonyl (C=O) groups excluding carboxylic acids is 1. The zero-order chi connectivity index (χ0) is 16.5. The van der Waals surface area contributed by atoms with Crippen molar-refractivity contribution < 1.29 is 31.1 Å². The molecule has 0 aliphatic carbocycles. The van der Waals surface area contributed by atoms with Crippen LogP contribution in [0.5, 0.6) is 0 Å². The van der Waals surface area contributed by atoms with Gasteiger partial charge < -0.3 is 10.6 Å². The van der Waals surface area contributed by atoms with Crippen LogP contribution in [0.4, 0.5) is 32.0 Å².